The third-order valence-electron chi connectivity index (χ3n) is 4.45. The SMILES string of the molecule is N#CN1CCC2(C1)Oc1ncc(-c3ccccc3)cc1NC2O. The number of aromatic nitrogens is 1. The summed E-state index contributed by atoms with van der Waals surface area (Å²) in [4.78, 5) is 5.99. The number of hydrogen-bond donors (Lipinski definition) is 2. The van der Waals surface area contributed by atoms with Crippen molar-refractivity contribution in [2.45, 2.75) is 18.2 Å². The number of aliphatic hydroxyl groups is 1. The smallest absolute Gasteiger partial charge is 0.238 e. The van der Waals surface area contributed by atoms with Crippen LogP contribution in [0, 0.1) is 11.5 Å². The Morgan fingerprint density at radius 2 is 2.17 bits per heavy atom. The van der Waals surface area contributed by atoms with Gasteiger partial charge in [0.1, 0.15) is 0 Å². The summed E-state index contributed by atoms with van der Waals surface area (Å²) >= 11 is 0. The monoisotopic (exact) mass is 308 g/mol. The Labute approximate surface area is 133 Å². The van der Waals surface area contributed by atoms with Crippen molar-refractivity contribution in [3.05, 3.63) is 42.6 Å². The number of anilines is 1. The molecular formula is C17H16N4O2. The van der Waals surface area contributed by atoms with Gasteiger partial charge in [0.25, 0.3) is 0 Å². The molecule has 116 valence electrons. The number of hydrogen-bond acceptors (Lipinski definition) is 6. The molecule has 2 aliphatic heterocycles. The summed E-state index contributed by atoms with van der Waals surface area (Å²) in [7, 11) is 0. The summed E-state index contributed by atoms with van der Waals surface area (Å²) in [6.45, 7) is 0.936. The van der Waals surface area contributed by atoms with Crippen LogP contribution in [0.4, 0.5) is 5.69 Å². The molecule has 1 fully saturated rings. The van der Waals surface area contributed by atoms with E-state index in [0.29, 0.717) is 31.1 Å². The molecule has 2 aromatic rings. The van der Waals surface area contributed by atoms with Crippen LogP contribution in [-0.4, -0.2) is 39.9 Å². The summed E-state index contributed by atoms with van der Waals surface area (Å²) in [6.07, 6.45) is 3.57. The molecule has 3 heterocycles. The molecule has 2 aliphatic rings. The van der Waals surface area contributed by atoms with Crippen LogP contribution >= 0.6 is 0 Å². The van der Waals surface area contributed by atoms with Crippen LogP contribution < -0.4 is 10.1 Å². The fourth-order valence-corrected chi connectivity index (χ4v) is 3.15. The summed E-state index contributed by atoms with van der Waals surface area (Å²) in [5, 5.41) is 22.6. The largest absolute Gasteiger partial charge is 0.463 e. The lowest BCUT2D eigenvalue weighted by atomic mass is 9.98. The Balaban J connectivity index is 1.66. The normalized spacial score (nSPS) is 25.4. The minimum absolute atomic E-state index is 0.360. The number of benzene rings is 1. The first kappa shape index (κ1) is 13.9. The number of aliphatic hydroxyl groups excluding tert-OH is 1. The number of pyridine rings is 1. The molecule has 2 atom stereocenters. The summed E-state index contributed by atoms with van der Waals surface area (Å²) < 4.78 is 6.00. The zero-order chi connectivity index (χ0) is 15.9. The van der Waals surface area contributed by atoms with Crippen LogP contribution in [0.5, 0.6) is 5.88 Å². The van der Waals surface area contributed by atoms with Gasteiger partial charge < -0.3 is 20.1 Å². The van der Waals surface area contributed by atoms with Gasteiger partial charge in [0.05, 0.1) is 12.2 Å². The summed E-state index contributed by atoms with van der Waals surface area (Å²) in [6, 6.07) is 11.8. The molecule has 6 nitrogen and oxygen atoms in total. The minimum Gasteiger partial charge on any atom is -0.463 e. The minimum atomic E-state index is -0.874. The second-order valence-corrected chi connectivity index (χ2v) is 5.93. The molecule has 1 aromatic heterocycles. The van der Waals surface area contributed by atoms with Crippen molar-refractivity contribution in [2.75, 3.05) is 18.4 Å². The van der Waals surface area contributed by atoms with Crippen LogP contribution in [0.25, 0.3) is 11.1 Å². The van der Waals surface area contributed by atoms with Crippen molar-refractivity contribution in [1.82, 2.24) is 9.88 Å². The van der Waals surface area contributed by atoms with Crippen molar-refractivity contribution >= 4 is 5.69 Å². The highest BCUT2D eigenvalue weighted by molar-refractivity contribution is 5.70. The van der Waals surface area contributed by atoms with Crippen LogP contribution in [0.1, 0.15) is 6.42 Å². The van der Waals surface area contributed by atoms with Gasteiger partial charge in [0, 0.05) is 24.7 Å². The van der Waals surface area contributed by atoms with Gasteiger partial charge in [-0.15, -0.1) is 0 Å². The maximum atomic E-state index is 10.5. The Morgan fingerprint density at radius 3 is 2.91 bits per heavy atom. The van der Waals surface area contributed by atoms with Crippen LogP contribution in [0.2, 0.25) is 0 Å². The fraction of sp³-hybridized carbons (Fsp3) is 0.294. The first-order valence-electron chi connectivity index (χ1n) is 7.54. The van der Waals surface area contributed by atoms with Gasteiger partial charge >= 0.3 is 0 Å². The molecular weight excluding hydrogens is 292 g/mol. The Bertz CT molecular complexity index is 774. The molecule has 0 amide bonds. The molecule has 0 bridgehead atoms. The number of nitriles is 1. The van der Waals surface area contributed by atoms with E-state index in [4.69, 9.17) is 10.00 Å². The average Bonchev–Trinajstić information content (AvgIpc) is 3.01. The number of ether oxygens (including phenoxy) is 1. The van der Waals surface area contributed by atoms with Crippen LogP contribution in [0.15, 0.2) is 42.6 Å². The van der Waals surface area contributed by atoms with Crippen molar-refractivity contribution in [3.63, 3.8) is 0 Å². The second-order valence-electron chi connectivity index (χ2n) is 5.93. The maximum absolute atomic E-state index is 10.5. The predicted molar refractivity (Wildman–Crippen MR) is 84.5 cm³/mol. The molecule has 2 N–H and O–H groups in total. The molecule has 1 spiro atoms. The molecule has 0 radical (unpaired) electrons. The highest BCUT2D eigenvalue weighted by atomic mass is 16.5. The number of likely N-dealkylation sites (tertiary alicyclic amines) is 1. The first-order chi connectivity index (χ1) is 11.2. The van der Waals surface area contributed by atoms with Crippen molar-refractivity contribution in [2.24, 2.45) is 0 Å². The lowest BCUT2D eigenvalue weighted by Crippen LogP contribution is -2.55. The molecule has 4 rings (SSSR count). The molecule has 23 heavy (non-hydrogen) atoms. The van der Waals surface area contributed by atoms with Crippen molar-refractivity contribution in [3.8, 4) is 23.2 Å². The van der Waals surface area contributed by atoms with E-state index in [2.05, 4.69) is 16.5 Å². The maximum Gasteiger partial charge on any atom is 0.238 e. The third-order valence-corrected chi connectivity index (χ3v) is 4.45. The van der Waals surface area contributed by atoms with Gasteiger partial charge in [-0.1, -0.05) is 30.3 Å². The van der Waals surface area contributed by atoms with E-state index >= 15 is 0 Å². The third kappa shape index (κ3) is 2.26. The molecule has 2 unspecified atom stereocenters. The van der Waals surface area contributed by atoms with Gasteiger partial charge in [-0.05, 0) is 11.6 Å². The Kier molecular flexibility index (Phi) is 3.10. The second kappa shape index (κ2) is 5.14. The summed E-state index contributed by atoms with van der Waals surface area (Å²) in [5.41, 5.74) is 1.86. The molecule has 1 aromatic carbocycles. The van der Waals surface area contributed by atoms with Crippen molar-refractivity contribution < 1.29 is 9.84 Å². The lowest BCUT2D eigenvalue weighted by molar-refractivity contribution is -0.0408. The number of nitrogens with zero attached hydrogens (tertiary/aromatic N) is 3. The van der Waals surface area contributed by atoms with Crippen molar-refractivity contribution in [1.29, 1.82) is 5.26 Å². The predicted octanol–water partition coefficient (Wildman–Crippen LogP) is 1.80. The van der Waals surface area contributed by atoms with E-state index in [1.807, 2.05) is 36.4 Å². The summed E-state index contributed by atoms with van der Waals surface area (Å²) in [5.74, 6) is 0.467. The van der Waals surface area contributed by atoms with Gasteiger partial charge in [0.2, 0.25) is 5.88 Å². The standard InChI is InChI=1S/C17H16N4O2/c18-11-21-7-6-17(10-21)16(22)20-14-8-13(9-19-15(14)23-17)12-4-2-1-3-5-12/h1-5,8-9,16,20,22H,6-7,10H2. The van der Waals surface area contributed by atoms with E-state index in [0.717, 1.165) is 11.1 Å². The van der Waals surface area contributed by atoms with Gasteiger partial charge in [0.15, 0.2) is 18.0 Å². The van der Waals surface area contributed by atoms with E-state index in [-0.39, 0.29) is 0 Å². The van der Waals surface area contributed by atoms with Crippen LogP contribution in [0.3, 0.4) is 0 Å². The molecule has 6 heteroatoms. The van der Waals surface area contributed by atoms with E-state index in [1.165, 1.54) is 0 Å². The van der Waals surface area contributed by atoms with Gasteiger partial charge in [-0.2, -0.15) is 5.26 Å². The van der Waals surface area contributed by atoms with Gasteiger partial charge in [-0.25, -0.2) is 4.98 Å². The Hall–Kier alpha value is -2.78. The first-order valence-corrected chi connectivity index (χ1v) is 7.54. The zero-order valence-electron chi connectivity index (χ0n) is 12.4. The van der Waals surface area contributed by atoms with E-state index in [9.17, 15) is 5.11 Å². The lowest BCUT2D eigenvalue weighted by Gasteiger charge is -2.39. The van der Waals surface area contributed by atoms with E-state index < -0.39 is 11.8 Å². The number of rotatable bonds is 1. The van der Waals surface area contributed by atoms with Crippen LogP contribution in [-0.2, 0) is 0 Å². The quantitative estimate of drug-likeness (QED) is 0.782. The fourth-order valence-electron chi connectivity index (χ4n) is 3.15. The topological polar surface area (TPSA) is 81.4 Å². The Morgan fingerprint density at radius 1 is 1.35 bits per heavy atom. The number of fused-ring (bicyclic) bond motifs is 1. The number of nitrogens with one attached hydrogen (secondary N) is 1. The highest BCUT2D eigenvalue weighted by Crippen LogP contribution is 2.40. The molecule has 1 saturated heterocycles. The highest BCUT2D eigenvalue weighted by Gasteiger charge is 2.50. The van der Waals surface area contributed by atoms with E-state index in [1.54, 1.807) is 11.1 Å². The molecule has 0 saturated carbocycles. The van der Waals surface area contributed by atoms with Gasteiger partial charge in [-0.3, -0.25) is 0 Å². The average molecular weight is 308 g/mol. The zero-order valence-corrected chi connectivity index (χ0v) is 12.4. The molecule has 0 aliphatic carbocycles.